The Kier molecular flexibility index (Phi) is 6.37. The molecule has 0 atom stereocenters. The quantitative estimate of drug-likeness (QED) is 0.762. The van der Waals surface area contributed by atoms with Crippen molar-refractivity contribution in [3.05, 3.63) is 47.4 Å². The normalized spacial score (nSPS) is 15.1. The number of hydrogen-bond donors (Lipinski definition) is 0. The van der Waals surface area contributed by atoms with Crippen LogP contribution < -0.4 is 4.90 Å². The average molecular weight is 336 g/mol. The van der Waals surface area contributed by atoms with Crippen LogP contribution in [-0.4, -0.2) is 43.1 Å². The highest BCUT2D eigenvalue weighted by Crippen LogP contribution is 2.27. The summed E-state index contributed by atoms with van der Waals surface area (Å²) in [6, 6.07) is 10.3. The van der Waals surface area contributed by atoms with Crippen molar-refractivity contribution >= 4 is 17.4 Å². The average Bonchev–Trinajstić information content (AvgIpc) is 2.57. The monoisotopic (exact) mass is 335 g/mol. The fourth-order valence-electron chi connectivity index (χ4n) is 2.49. The Balaban J connectivity index is 0.000000924. The number of nitrogens with zero attached hydrogens (tertiary/aromatic N) is 3. The maximum absolute atomic E-state index is 13.0. The van der Waals surface area contributed by atoms with Gasteiger partial charge < -0.3 is 9.80 Å². The van der Waals surface area contributed by atoms with Crippen LogP contribution in [0.2, 0.25) is 5.15 Å². The number of aromatic nitrogens is 1. The van der Waals surface area contributed by atoms with Crippen molar-refractivity contribution in [3.63, 3.8) is 0 Å². The molecular formula is C18H23ClFN3. The fraction of sp³-hybridized carbons (Fsp3) is 0.389. The summed E-state index contributed by atoms with van der Waals surface area (Å²) in [5.41, 5.74) is 1.90. The van der Waals surface area contributed by atoms with E-state index < -0.39 is 0 Å². The molecule has 1 aliphatic heterocycles. The number of benzene rings is 1. The summed E-state index contributed by atoms with van der Waals surface area (Å²) in [6.07, 6.45) is 0. The molecule has 0 radical (unpaired) electrons. The Bertz CT molecular complexity index is 623. The third-order valence-electron chi connectivity index (χ3n) is 3.79. The van der Waals surface area contributed by atoms with E-state index in [-0.39, 0.29) is 5.82 Å². The van der Waals surface area contributed by atoms with E-state index in [1.54, 1.807) is 12.1 Å². The lowest BCUT2D eigenvalue weighted by molar-refractivity contribution is 0.312. The second-order valence-corrected chi connectivity index (χ2v) is 5.72. The molecule has 2 heterocycles. The van der Waals surface area contributed by atoms with Gasteiger partial charge in [-0.15, -0.1) is 0 Å². The Hall–Kier alpha value is -1.65. The van der Waals surface area contributed by atoms with Gasteiger partial charge in [0.1, 0.15) is 16.8 Å². The SMILES string of the molecule is CC.CN1CCN(c2cc(-c3ccc(F)cc3)cc(Cl)n2)CC1. The Morgan fingerprint density at radius 2 is 1.57 bits per heavy atom. The predicted molar refractivity (Wildman–Crippen MR) is 95.7 cm³/mol. The molecule has 3 rings (SSSR count). The summed E-state index contributed by atoms with van der Waals surface area (Å²) in [6.45, 7) is 7.90. The molecule has 2 aromatic rings. The molecule has 23 heavy (non-hydrogen) atoms. The summed E-state index contributed by atoms with van der Waals surface area (Å²) in [5, 5.41) is 0.464. The first-order valence-electron chi connectivity index (χ1n) is 7.99. The molecule has 0 bridgehead atoms. The highest BCUT2D eigenvalue weighted by molar-refractivity contribution is 6.29. The van der Waals surface area contributed by atoms with Crippen molar-refractivity contribution in [1.29, 1.82) is 0 Å². The van der Waals surface area contributed by atoms with E-state index in [1.807, 2.05) is 26.0 Å². The minimum atomic E-state index is -0.238. The van der Waals surface area contributed by atoms with Crippen LogP contribution in [0, 0.1) is 5.82 Å². The fourth-order valence-corrected chi connectivity index (χ4v) is 2.69. The molecule has 1 saturated heterocycles. The second-order valence-electron chi connectivity index (χ2n) is 5.33. The number of likely N-dealkylation sites (N-methyl/N-ethyl adjacent to an activating group) is 1. The van der Waals surface area contributed by atoms with Gasteiger partial charge in [0.15, 0.2) is 0 Å². The number of anilines is 1. The molecule has 0 saturated carbocycles. The zero-order valence-corrected chi connectivity index (χ0v) is 14.6. The molecule has 0 spiro atoms. The van der Waals surface area contributed by atoms with Crippen LogP contribution in [0.4, 0.5) is 10.2 Å². The van der Waals surface area contributed by atoms with Gasteiger partial charge in [-0.25, -0.2) is 9.37 Å². The highest BCUT2D eigenvalue weighted by Gasteiger charge is 2.16. The van der Waals surface area contributed by atoms with Crippen molar-refractivity contribution in [3.8, 4) is 11.1 Å². The lowest BCUT2D eigenvalue weighted by atomic mass is 10.1. The maximum Gasteiger partial charge on any atom is 0.132 e. The first kappa shape index (κ1) is 17.7. The lowest BCUT2D eigenvalue weighted by Crippen LogP contribution is -2.44. The molecule has 1 aromatic heterocycles. The van der Waals surface area contributed by atoms with Crippen molar-refractivity contribution in [2.75, 3.05) is 38.1 Å². The lowest BCUT2D eigenvalue weighted by Gasteiger charge is -2.33. The van der Waals surface area contributed by atoms with Gasteiger partial charge in [0, 0.05) is 26.2 Å². The van der Waals surface area contributed by atoms with Crippen LogP contribution in [0.15, 0.2) is 36.4 Å². The molecule has 124 valence electrons. The number of halogens is 2. The first-order chi connectivity index (χ1) is 11.1. The topological polar surface area (TPSA) is 19.4 Å². The first-order valence-corrected chi connectivity index (χ1v) is 8.36. The molecule has 0 unspecified atom stereocenters. The standard InChI is InChI=1S/C16H17ClFN3.C2H6/c1-20-6-8-21(9-7-20)16-11-13(10-15(17)19-16)12-2-4-14(18)5-3-12;1-2/h2-5,10-11H,6-9H2,1H3;1-2H3. The van der Waals surface area contributed by atoms with Crippen molar-refractivity contribution in [1.82, 2.24) is 9.88 Å². The van der Waals surface area contributed by atoms with E-state index in [4.69, 9.17) is 11.6 Å². The van der Waals surface area contributed by atoms with E-state index >= 15 is 0 Å². The van der Waals surface area contributed by atoms with Gasteiger partial charge in [0.25, 0.3) is 0 Å². The van der Waals surface area contributed by atoms with Crippen LogP contribution in [0.1, 0.15) is 13.8 Å². The summed E-state index contributed by atoms with van der Waals surface area (Å²) >= 11 is 6.16. The summed E-state index contributed by atoms with van der Waals surface area (Å²) in [4.78, 5) is 8.95. The van der Waals surface area contributed by atoms with Gasteiger partial charge in [0.2, 0.25) is 0 Å². The number of pyridine rings is 1. The van der Waals surface area contributed by atoms with Gasteiger partial charge in [-0.3, -0.25) is 0 Å². The Morgan fingerprint density at radius 3 is 2.17 bits per heavy atom. The molecule has 1 fully saturated rings. The van der Waals surface area contributed by atoms with E-state index in [1.165, 1.54) is 12.1 Å². The van der Waals surface area contributed by atoms with E-state index in [9.17, 15) is 4.39 Å². The van der Waals surface area contributed by atoms with E-state index in [2.05, 4.69) is 21.8 Å². The van der Waals surface area contributed by atoms with Crippen LogP contribution in [0.3, 0.4) is 0 Å². The molecule has 1 aromatic carbocycles. The molecule has 1 aliphatic rings. The molecule has 3 nitrogen and oxygen atoms in total. The van der Waals surface area contributed by atoms with Crippen LogP contribution in [0.25, 0.3) is 11.1 Å². The van der Waals surface area contributed by atoms with E-state index in [0.717, 1.165) is 43.1 Å². The molecule has 5 heteroatoms. The number of hydrogen-bond acceptors (Lipinski definition) is 3. The summed E-state index contributed by atoms with van der Waals surface area (Å²) in [7, 11) is 2.12. The van der Waals surface area contributed by atoms with Crippen LogP contribution in [-0.2, 0) is 0 Å². The summed E-state index contributed by atoms with van der Waals surface area (Å²) < 4.78 is 13.0. The highest BCUT2D eigenvalue weighted by atomic mass is 35.5. The minimum absolute atomic E-state index is 0.238. The van der Waals surface area contributed by atoms with Crippen LogP contribution in [0.5, 0.6) is 0 Å². The Morgan fingerprint density at radius 1 is 0.957 bits per heavy atom. The third kappa shape index (κ3) is 4.66. The molecular weight excluding hydrogens is 313 g/mol. The summed E-state index contributed by atoms with van der Waals surface area (Å²) in [5.74, 6) is 0.646. The van der Waals surface area contributed by atoms with Gasteiger partial charge >= 0.3 is 0 Å². The maximum atomic E-state index is 13.0. The smallest absolute Gasteiger partial charge is 0.132 e. The zero-order valence-electron chi connectivity index (χ0n) is 13.9. The van der Waals surface area contributed by atoms with Gasteiger partial charge in [-0.1, -0.05) is 37.6 Å². The number of piperazine rings is 1. The van der Waals surface area contributed by atoms with Crippen molar-refractivity contribution in [2.45, 2.75) is 13.8 Å². The van der Waals surface area contributed by atoms with Gasteiger partial charge in [0.05, 0.1) is 0 Å². The van der Waals surface area contributed by atoms with Crippen molar-refractivity contribution < 1.29 is 4.39 Å². The van der Waals surface area contributed by atoms with E-state index in [0.29, 0.717) is 5.15 Å². The minimum Gasteiger partial charge on any atom is -0.354 e. The second kappa shape index (κ2) is 8.27. The number of rotatable bonds is 2. The Labute approximate surface area is 142 Å². The van der Waals surface area contributed by atoms with Crippen LogP contribution >= 0.6 is 11.6 Å². The zero-order chi connectivity index (χ0) is 16.8. The van der Waals surface area contributed by atoms with Gasteiger partial charge in [-0.2, -0.15) is 0 Å². The molecule has 0 amide bonds. The van der Waals surface area contributed by atoms with Crippen molar-refractivity contribution in [2.24, 2.45) is 0 Å². The molecule has 0 N–H and O–H groups in total. The molecule has 0 aliphatic carbocycles. The predicted octanol–water partition coefficient (Wildman–Crippen LogP) is 4.32. The third-order valence-corrected chi connectivity index (χ3v) is 3.98. The van der Waals surface area contributed by atoms with Gasteiger partial charge in [-0.05, 0) is 42.4 Å². The largest absolute Gasteiger partial charge is 0.354 e.